The summed E-state index contributed by atoms with van der Waals surface area (Å²) in [4.78, 5) is 11.5. The van der Waals surface area contributed by atoms with Crippen molar-refractivity contribution < 1.29 is 9.53 Å². The van der Waals surface area contributed by atoms with Gasteiger partial charge in [0.1, 0.15) is 6.04 Å². The van der Waals surface area contributed by atoms with Crippen LogP contribution in [-0.4, -0.2) is 35.4 Å². The van der Waals surface area contributed by atoms with E-state index >= 15 is 0 Å². The van der Waals surface area contributed by atoms with Crippen LogP contribution in [0.2, 0.25) is 0 Å². The number of rotatable bonds is 5. The minimum atomic E-state index is -0.361. The number of aromatic nitrogens is 2. The zero-order valence-electron chi connectivity index (χ0n) is 9.30. The van der Waals surface area contributed by atoms with Crippen molar-refractivity contribution in [3.63, 3.8) is 0 Å². The van der Waals surface area contributed by atoms with Crippen LogP contribution in [0, 0.1) is 0 Å². The molecular weight excluding hydrogens is 194 g/mol. The van der Waals surface area contributed by atoms with Crippen molar-refractivity contribution in [1.82, 2.24) is 15.1 Å². The van der Waals surface area contributed by atoms with Gasteiger partial charge in [-0.2, -0.15) is 5.10 Å². The number of likely N-dealkylation sites (N-methyl/N-ethyl adjacent to an activating group) is 1. The topological polar surface area (TPSA) is 56.1 Å². The van der Waals surface area contributed by atoms with Crippen LogP contribution in [0.25, 0.3) is 0 Å². The highest BCUT2D eigenvalue weighted by Crippen LogP contribution is 2.10. The highest BCUT2D eigenvalue weighted by molar-refractivity contribution is 5.76. The molecule has 5 heteroatoms. The van der Waals surface area contributed by atoms with Crippen molar-refractivity contribution in [2.75, 3.05) is 13.7 Å². The van der Waals surface area contributed by atoms with E-state index in [1.165, 1.54) is 7.11 Å². The molecule has 0 saturated heterocycles. The number of hydrogen-bond acceptors (Lipinski definition) is 4. The second-order valence-electron chi connectivity index (χ2n) is 3.29. The molecule has 0 amide bonds. The average molecular weight is 211 g/mol. The van der Waals surface area contributed by atoms with Gasteiger partial charge in [-0.25, -0.2) is 0 Å². The fourth-order valence-electron chi connectivity index (χ4n) is 1.47. The van der Waals surface area contributed by atoms with Gasteiger partial charge in [0.2, 0.25) is 0 Å². The molecule has 0 aromatic carbocycles. The van der Waals surface area contributed by atoms with E-state index in [1.54, 1.807) is 10.9 Å². The maximum Gasteiger partial charge on any atom is 0.325 e. The van der Waals surface area contributed by atoms with Crippen LogP contribution in [-0.2, 0) is 9.53 Å². The lowest BCUT2D eigenvalue weighted by atomic mass is 10.1. The molecule has 1 aromatic rings. The molecule has 2 unspecified atom stereocenters. The molecule has 0 spiro atoms. The van der Waals surface area contributed by atoms with Crippen LogP contribution in [0.5, 0.6) is 0 Å². The Hall–Kier alpha value is -1.36. The predicted molar refractivity (Wildman–Crippen MR) is 56.4 cm³/mol. The highest BCUT2D eigenvalue weighted by Gasteiger charge is 2.26. The Labute approximate surface area is 89.4 Å². The van der Waals surface area contributed by atoms with Crippen molar-refractivity contribution in [2.24, 2.45) is 0 Å². The third kappa shape index (κ3) is 2.79. The van der Waals surface area contributed by atoms with Crippen LogP contribution >= 0.6 is 0 Å². The fraction of sp³-hybridized carbons (Fsp3) is 0.600. The lowest BCUT2D eigenvalue weighted by Gasteiger charge is -2.22. The van der Waals surface area contributed by atoms with Gasteiger partial charge in [-0.1, -0.05) is 6.92 Å². The number of nitrogens with one attached hydrogen (secondary N) is 1. The number of nitrogens with zero attached hydrogens (tertiary/aromatic N) is 2. The van der Waals surface area contributed by atoms with Gasteiger partial charge in [-0.05, 0) is 19.5 Å². The van der Waals surface area contributed by atoms with Crippen molar-refractivity contribution >= 4 is 5.97 Å². The fourth-order valence-corrected chi connectivity index (χ4v) is 1.47. The molecule has 84 valence electrons. The van der Waals surface area contributed by atoms with Gasteiger partial charge in [0.15, 0.2) is 0 Å². The number of methoxy groups -OCH3 is 1. The Balaban J connectivity index is 2.75. The SMILES string of the molecule is CCNC(C(=O)OC)C(C)n1cccn1. The molecule has 1 heterocycles. The molecule has 2 atom stereocenters. The van der Waals surface area contributed by atoms with E-state index in [4.69, 9.17) is 4.74 Å². The van der Waals surface area contributed by atoms with Crippen molar-refractivity contribution in [3.8, 4) is 0 Å². The van der Waals surface area contributed by atoms with Crippen molar-refractivity contribution in [1.29, 1.82) is 0 Å². The summed E-state index contributed by atoms with van der Waals surface area (Å²) in [5.74, 6) is -0.264. The summed E-state index contributed by atoms with van der Waals surface area (Å²) in [5.41, 5.74) is 0. The third-order valence-electron chi connectivity index (χ3n) is 2.30. The summed E-state index contributed by atoms with van der Waals surface area (Å²) in [6.07, 6.45) is 3.52. The summed E-state index contributed by atoms with van der Waals surface area (Å²) < 4.78 is 6.48. The monoisotopic (exact) mass is 211 g/mol. The van der Waals surface area contributed by atoms with E-state index in [2.05, 4.69) is 10.4 Å². The Morgan fingerprint density at radius 1 is 1.67 bits per heavy atom. The zero-order valence-corrected chi connectivity index (χ0v) is 9.30. The summed E-state index contributed by atoms with van der Waals surface area (Å²) in [6.45, 7) is 4.59. The van der Waals surface area contributed by atoms with Gasteiger partial charge >= 0.3 is 5.97 Å². The lowest BCUT2D eigenvalue weighted by molar-refractivity contribution is -0.144. The highest BCUT2D eigenvalue weighted by atomic mass is 16.5. The van der Waals surface area contributed by atoms with E-state index in [9.17, 15) is 4.79 Å². The number of hydrogen-bond donors (Lipinski definition) is 1. The molecular formula is C10H17N3O2. The standard InChI is InChI=1S/C10H17N3O2/c1-4-11-9(10(14)15-3)8(2)13-7-5-6-12-13/h5-9,11H,4H2,1-3H3. The molecule has 1 N–H and O–H groups in total. The molecule has 0 radical (unpaired) electrons. The van der Waals surface area contributed by atoms with Gasteiger partial charge in [0.05, 0.1) is 13.2 Å². The average Bonchev–Trinajstić information content (AvgIpc) is 2.77. The van der Waals surface area contributed by atoms with Gasteiger partial charge in [-0.3, -0.25) is 9.48 Å². The van der Waals surface area contributed by atoms with Crippen molar-refractivity contribution in [3.05, 3.63) is 18.5 Å². The number of carbonyl (C=O) groups excluding carboxylic acids is 1. The van der Waals surface area contributed by atoms with Gasteiger partial charge < -0.3 is 10.1 Å². The summed E-state index contributed by atoms with van der Waals surface area (Å²) in [7, 11) is 1.39. The first-order valence-corrected chi connectivity index (χ1v) is 5.01. The quantitative estimate of drug-likeness (QED) is 0.724. The summed E-state index contributed by atoms with van der Waals surface area (Å²) in [5, 5.41) is 7.19. The van der Waals surface area contributed by atoms with Crippen LogP contribution in [0.15, 0.2) is 18.5 Å². The van der Waals surface area contributed by atoms with E-state index in [1.807, 2.05) is 26.1 Å². The van der Waals surface area contributed by atoms with E-state index < -0.39 is 0 Å². The zero-order chi connectivity index (χ0) is 11.3. The van der Waals surface area contributed by atoms with Gasteiger partial charge in [0, 0.05) is 12.4 Å². The molecule has 0 aliphatic rings. The molecule has 0 aliphatic heterocycles. The second kappa shape index (κ2) is 5.50. The molecule has 5 nitrogen and oxygen atoms in total. The largest absolute Gasteiger partial charge is 0.468 e. The first-order valence-electron chi connectivity index (χ1n) is 5.01. The summed E-state index contributed by atoms with van der Waals surface area (Å²) >= 11 is 0. The minimum absolute atomic E-state index is 0.0626. The maximum atomic E-state index is 11.5. The number of ether oxygens (including phenoxy) is 1. The molecule has 0 saturated carbocycles. The predicted octanol–water partition coefficient (Wildman–Crippen LogP) is 0.595. The van der Waals surface area contributed by atoms with E-state index in [-0.39, 0.29) is 18.1 Å². The molecule has 1 aromatic heterocycles. The second-order valence-corrected chi connectivity index (χ2v) is 3.29. The third-order valence-corrected chi connectivity index (χ3v) is 2.30. The summed E-state index contributed by atoms with van der Waals surface area (Å²) in [6, 6.07) is 1.41. The first-order chi connectivity index (χ1) is 7.20. The van der Waals surface area contributed by atoms with E-state index in [0.29, 0.717) is 6.54 Å². The first kappa shape index (κ1) is 11.7. The maximum absolute atomic E-state index is 11.5. The van der Waals surface area contributed by atoms with Crippen LogP contribution < -0.4 is 5.32 Å². The van der Waals surface area contributed by atoms with Crippen molar-refractivity contribution in [2.45, 2.75) is 25.9 Å². The lowest BCUT2D eigenvalue weighted by Crippen LogP contribution is -2.43. The van der Waals surface area contributed by atoms with Crippen LogP contribution in [0.1, 0.15) is 19.9 Å². The Morgan fingerprint density at radius 2 is 2.40 bits per heavy atom. The molecule has 0 bridgehead atoms. The number of esters is 1. The Morgan fingerprint density at radius 3 is 2.87 bits per heavy atom. The Bertz CT molecular complexity index is 298. The molecule has 1 rings (SSSR count). The Kier molecular flexibility index (Phi) is 4.30. The smallest absolute Gasteiger partial charge is 0.325 e. The van der Waals surface area contributed by atoms with E-state index in [0.717, 1.165) is 0 Å². The minimum Gasteiger partial charge on any atom is -0.468 e. The molecule has 0 fully saturated rings. The van der Waals surface area contributed by atoms with Gasteiger partial charge in [0.25, 0.3) is 0 Å². The molecule has 0 aliphatic carbocycles. The van der Waals surface area contributed by atoms with Crippen LogP contribution in [0.4, 0.5) is 0 Å². The normalized spacial score (nSPS) is 14.6. The van der Waals surface area contributed by atoms with Gasteiger partial charge in [-0.15, -0.1) is 0 Å². The van der Waals surface area contributed by atoms with Crippen LogP contribution in [0.3, 0.4) is 0 Å². The molecule has 15 heavy (non-hydrogen) atoms. The number of carbonyl (C=O) groups is 1.